The highest BCUT2D eigenvalue weighted by Gasteiger charge is 2.21. The first-order valence-electron chi connectivity index (χ1n) is 9.22. The van der Waals surface area contributed by atoms with Crippen molar-refractivity contribution in [3.8, 4) is 0 Å². The molecule has 0 atom stereocenters. The molecule has 0 N–H and O–H groups in total. The van der Waals surface area contributed by atoms with Crippen molar-refractivity contribution in [1.29, 1.82) is 0 Å². The summed E-state index contributed by atoms with van der Waals surface area (Å²) in [4.78, 5) is 25.1. The van der Waals surface area contributed by atoms with Crippen molar-refractivity contribution in [3.63, 3.8) is 0 Å². The first kappa shape index (κ1) is 18.5. The maximum atomic E-state index is 12.5. The van der Waals surface area contributed by atoms with E-state index in [1.54, 1.807) is 0 Å². The predicted octanol–water partition coefficient (Wildman–Crippen LogP) is 4.56. The fraction of sp³-hybridized carbons (Fsp3) is 0.600. The van der Waals surface area contributed by atoms with E-state index in [1.807, 2.05) is 13.8 Å². The van der Waals surface area contributed by atoms with Gasteiger partial charge >= 0.3 is 11.3 Å². The molecule has 0 radical (unpaired) electrons. The van der Waals surface area contributed by atoms with E-state index < -0.39 is 0 Å². The van der Waals surface area contributed by atoms with Gasteiger partial charge in [0.15, 0.2) is 11.2 Å². The quantitative estimate of drug-likeness (QED) is 0.711. The molecule has 0 saturated heterocycles. The SMILES string of the molecule is CCCc1c(CCC)c2oc(=O)c(CCC)c(CCC)c2oc1=O. The van der Waals surface area contributed by atoms with Crippen molar-refractivity contribution in [2.45, 2.75) is 79.1 Å². The summed E-state index contributed by atoms with van der Waals surface area (Å²) in [6.07, 6.45) is 6.23. The average molecular weight is 332 g/mol. The zero-order valence-corrected chi connectivity index (χ0v) is 15.3. The van der Waals surface area contributed by atoms with Gasteiger partial charge < -0.3 is 8.83 Å². The van der Waals surface area contributed by atoms with Gasteiger partial charge in [0.25, 0.3) is 0 Å². The Labute approximate surface area is 142 Å². The lowest BCUT2D eigenvalue weighted by Crippen LogP contribution is -2.17. The number of fused-ring (bicyclic) bond motifs is 1. The van der Waals surface area contributed by atoms with E-state index in [-0.39, 0.29) is 11.3 Å². The Morgan fingerprint density at radius 2 is 0.833 bits per heavy atom. The van der Waals surface area contributed by atoms with Crippen LogP contribution >= 0.6 is 0 Å². The van der Waals surface area contributed by atoms with Crippen molar-refractivity contribution in [2.75, 3.05) is 0 Å². The van der Waals surface area contributed by atoms with Gasteiger partial charge in [-0.3, -0.25) is 0 Å². The van der Waals surface area contributed by atoms with E-state index in [2.05, 4.69) is 13.8 Å². The molecule has 0 spiro atoms. The zero-order valence-electron chi connectivity index (χ0n) is 15.3. The summed E-state index contributed by atoms with van der Waals surface area (Å²) >= 11 is 0. The van der Waals surface area contributed by atoms with Crippen molar-refractivity contribution in [3.05, 3.63) is 43.1 Å². The maximum Gasteiger partial charge on any atom is 0.339 e. The molecule has 0 saturated carbocycles. The molecule has 4 heteroatoms. The molecule has 0 fully saturated rings. The summed E-state index contributed by atoms with van der Waals surface area (Å²) in [5.41, 5.74) is 3.50. The Bertz CT molecular complexity index is 742. The molecule has 2 aromatic heterocycles. The zero-order chi connectivity index (χ0) is 17.7. The first-order chi connectivity index (χ1) is 11.6. The second-order valence-electron chi connectivity index (χ2n) is 6.35. The van der Waals surface area contributed by atoms with Crippen LogP contribution in [0.5, 0.6) is 0 Å². The summed E-state index contributed by atoms with van der Waals surface area (Å²) in [5.74, 6) is 0. The highest BCUT2D eigenvalue weighted by Crippen LogP contribution is 2.27. The minimum absolute atomic E-state index is 0.276. The van der Waals surface area contributed by atoms with Crippen molar-refractivity contribution >= 4 is 11.2 Å². The molecule has 0 aromatic carbocycles. The van der Waals surface area contributed by atoms with Gasteiger partial charge in [-0.15, -0.1) is 0 Å². The molecule has 4 nitrogen and oxygen atoms in total. The molecule has 0 aliphatic rings. The monoisotopic (exact) mass is 332 g/mol. The van der Waals surface area contributed by atoms with E-state index in [0.29, 0.717) is 35.1 Å². The van der Waals surface area contributed by atoms with Crippen LogP contribution in [0.15, 0.2) is 18.4 Å². The molecule has 2 aromatic rings. The summed E-state index contributed by atoms with van der Waals surface area (Å²) in [5, 5.41) is 0. The Hall–Kier alpha value is -1.84. The van der Waals surface area contributed by atoms with Crippen LogP contribution in [-0.2, 0) is 25.7 Å². The number of rotatable bonds is 8. The third-order valence-electron chi connectivity index (χ3n) is 4.37. The maximum absolute atomic E-state index is 12.5. The van der Waals surface area contributed by atoms with Gasteiger partial charge in [-0.2, -0.15) is 0 Å². The molecule has 2 heterocycles. The Morgan fingerprint density at radius 3 is 1.12 bits per heavy atom. The molecule has 0 bridgehead atoms. The molecule has 0 unspecified atom stereocenters. The van der Waals surface area contributed by atoms with Crippen LogP contribution in [0.3, 0.4) is 0 Å². The lowest BCUT2D eigenvalue weighted by molar-refractivity contribution is 0.490. The molecule has 2 rings (SSSR count). The van der Waals surface area contributed by atoms with Crippen molar-refractivity contribution < 1.29 is 8.83 Å². The van der Waals surface area contributed by atoms with Gasteiger partial charge in [0.05, 0.1) is 0 Å². The van der Waals surface area contributed by atoms with Gasteiger partial charge in [-0.1, -0.05) is 53.4 Å². The first-order valence-corrected chi connectivity index (χ1v) is 9.22. The van der Waals surface area contributed by atoms with Gasteiger partial charge in [-0.25, -0.2) is 9.59 Å². The number of aryl methyl sites for hydroxylation is 2. The summed E-state index contributed by atoms with van der Waals surface area (Å²) in [6, 6.07) is 0. The number of hydrogen-bond acceptors (Lipinski definition) is 4. The van der Waals surface area contributed by atoms with E-state index in [9.17, 15) is 9.59 Å². The van der Waals surface area contributed by atoms with Crippen LogP contribution in [0.4, 0.5) is 0 Å². The minimum atomic E-state index is -0.276. The van der Waals surface area contributed by atoms with Crippen LogP contribution in [-0.4, -0.2) is 0 Å². The molecule has 0 aliphatic heterocycles. The topological polar surface area (TPSA) is 60.4 Å². The van der Waals surface area contributed by atoms with Crippen LogP contribution < -0.4 is 11.3 Å². The number of hydrogen-bond donors (Lipinski definition) is 0. The highest BCUT2D eigenvalue weighted by molar-refractivity contribution is 5.79. The largest absolute Gasteiger partial charge is 0.419 e. The Balaban J connectivity index is 2.91. The van der Waals surface area contributed by atoms with Gasteiger partial charge in [-0.05, 0) is 25.7 Å². The predicted molar refractivity (Wildman–Crippen MR) is 97.0 cm³/mol. The third-order valence-corrected chi connectivity index (χ3v) is 4.37. The molecule has 132 valence electrons. The van der Waals surface area contributed by atoms with Crippen LogP contribution in [0.1, 0.15) is 75.6 Å². The summed E-state index contributed by atoms with van der Waals surface area (Å²) < 4.78 is 11.3. The lowest BCUT2D eigenvalue weighted by Gasteiger charge is -2.13. The second-order valence-corrected chi connectivity index (χ2v) is 6.35. The lowest BCUT2D eigenvalue weighted by atomic mass is 9.96. The fourth-order valence-corrected chi connectivity index (χ4v) is 3.35. The van der Waals surface area contributed by atoms with Crippen LogP contribution in [0.25, 0.3) is 11.2 Å². The van der Waals surface area contributed by atoms with E-state index in [1.165, 1.54) is 0 Å². The third kappa shape index (κ3) is 3.47. The summed E-state index contributed by atoms with van der Waals surface area (Å²) in [7, 11) is 0. The molecule has 0 amide bonds. The fourth-order valence-electron chi connectivity index (χ4n) is 3.35. The normalized spacial score (nSPS) is 11.3. The smallest absolute Gasteiger partial charge is 0.339 e. The standard InChI is InChI=1S/C20H28O4/c1-5-9-13-15(11-7-3)19(21)24-18-14(10-6-2)16(12-8-4)20(22)23-17(13)18/h5-12H2,1-4H3. The molecule has 24 heavy (non-hydrogen) atoms. The molecular formula is C20H28O4. The van der Waals surface area contributed by atoms with Gasteiger partial charge in [0.2, 0.25) is 0 Å². The molecule has 0 aliphatic carbocycles. The minimum Gasteiger partial charge on any atom is -0.419 e. The van der Waals surface area contributed by atoms with Crippen LogP contribution in [0, 0.1) is 0 Å². The molecular weight excluding hydrogens is 304 g/mol. The van der Waals surface area contributed by atoms with Crippen molar-refractivity contribution in [1.82, 2.24) is 0 Å². The van der Waals surface area contributed by atoms with E-state index in [0.717, 1.165) is 49.7 Å². The summed E-state index contributed by atoms with van der Waals surface area (Å²) in [6.45, 7) is 8.18. The van der Waals surface area contributed by atoms with E-state index in [4.69, 9.17) is 8.83 Å². The Kier molecular flexibility index (Phi) is 6.41. The second kappa shape index (κ2) is 8.32. The Morgan fingerprint density at radius 1 is 0.542 bits per heavy atom. The van der Waals surface area contributed by atoms with Gasteiger partial charge in [0.1, 0.15) is 0 Å². The highest BCUT2D eigenvalue weighted by atomic mass is 16.4. The average Bonchev–Trinajstić information content (AvgIpc) is 2.55. The van der Waals surface area contributed by atoms with Crippen molar-refractivity contribution in [2.24, 2.45) is 0 Å². The van der Waals surface area contributed by atoms with Crippen LogP contribution in [0.2, 0.25) is 0 Å². The van der Waals surface area contributed by atoms with E-state index >= 15 is 0 Å². The van der Waals surface area contributed by atoms with Gasteiger partial charge in [0, 0.05) is 22.3 Å².